The van der Waals surface area contributed by atoms with E-state index in [-0.39, 0.29) is 11.8 Å². The van der Waals surface area contributed by atoms with Crippen LogP contribution < -0.4 is 11.3 Å². The lowest BCUT2D eigenvalue weighted by Gasteiger charge is -2.21. The molecular formula is C13H25N3O2. The van der Waals surface area contributed by atoms with Gasteiger partial charge in [0.2, 0.25) is 11.8 Å². The lowest BCUT2D eigenvalue weighted by molar-refractivity contribution is -0.131. The van der Waals surface area contributed by atoms with E-state index in [0.29, 0.717) is 37.6 Å². The molecule has 5 heteroatoms. The summed E-state index contributed by atoms with van der Waals surface area (Å²) in [6, 6.07) is 0. The van der Waals surface area contributed by atoms with E-state index >= 15 is 0 Å². The first-order chi connectivity index (χ1) is 8.54. The maximum absolute atomic E-state index is 11.9. The van der Waals surface area contributed by atoms with E-state index in [4.69, 9.17) is 5.84 Å². The highest BCUT2D eigenvalue weighted by Gasteiger charge is 2.23. The van der Waals surface area contributed by atoms with Gasteiger partial charge in [-0.3, -0.25) is 15.0 Å². The summed E-state index contributed by atoms with van der Waals surface area (Å²) in [5.41, 5.74) is 2.11. The zero-order valence-corrected chi connectivity index (χ0v) is 11.4. The molecule has 1 heterocycles. The van der Waals surface area contributed by atoms with Crippen LogP contribution in [0.15, 0.2) is 0 Å². The quantitative estimate of drug-likeness (QED) is 0.438. The molecule has 2 amide bonds. The molecule has 0 aromatic rings. The van der Waals surface area contributed by atoms with E-state index < -0.39 is 0 Å². The van der Waals surface area contributed by atoms with Crippen LogP contribution in [-0.4, -0.2) is 29.8 Å². The molecule has 0 spiro atoms. The first kappa shape index (κ1) is 15.0. The van der Waals surface area contributed by atoms with E-state index in [2.05, 4.69) is 19.3 Å². The van der Waals surface area contributed by atoms with Crippen LogP contribution >= 0.6 is 0 Å². The number of hydrazine groups is 1. The molecule has 1 aliphatic heterocycles. The maximum atomic E-state index is 11.9. The Balaban J connectivity index is 2.36. The predicted molar refractivity (Wildman–Crippen MR) is 70.3 cm³/mol. The number of carbonyl (C=O) groups is 2. The standard InChI is InChI=1S/C13H25N3O2/c1-10(2)11-5-6-13(18)16(9-7-11)8-3-4-12(17)15-14/h10-11H,3-9,14H2,1-2H3,(H,15,17). The van der Waals surface area contributed by atoms with Crippen LogP contribution in [0.4, 0.5) is 0 Å². The highest BCUT2D eigenvalue weighted by Crippen LogP contribution is 2.25. The van der Waals surface area contributed by atoms with Crippen LogP contribution in [0.25, 0.3) is 0 Å². The van der Waals surface area contributed by atoms with Gasteiger partial charge < -0.3 is 4.90 Å². The lowest BCUT2D eigenvalue weighted by Crippen LogP contribution is -2.34. The Morgan fingerprint density at radius 2 is 2.22 bits per heavy atom. The second-order valence-corrected chi connectivity index (χ2v) is 5.38. The molecule has 1 rings (SSSR count). The number of hydrogen-bond donors (Lipinski definition) is 2. The monoisotopic (exact) mass is 255 g/mol. The van der Waals surface area contributed by atoms with Gasteiger partial charge in [-0.05, 0) is 31.1 Å². The topological polar surface area (TPSA) is 75.4 Å². The zero-order chi connectivity index (χ0) is 13.5. The summed E-state index contributed by atoms with van der Waals surface area (Å²) >= 11 is 0. The molecule has 5 nitrogen and oxygen atoms in total. The molecule has 1 atom stereocenters. The van der Waals surface area contributed by atoms with Crippen LogP contribution in [0.2, 0.25) is 0 Å². The Morgan fingerprint density at radius 1 is 1.50 bits per heavy atom. The van der Waals surface area contributed by atoms with Crippen LogP contribution in [0.5, 0.6) is 0 Å². The van der Waals surface area contributed by atoms with Crippen molar-refractivity contribution in [2.75, 3.05) is 13.1 Å². The van der Waals surface area contributed by atoms with E-state index in [0.717, 1.165) is 19.4 Å². The highest BCUT2D eigenvalue weighted by molar-refractivity contribution is 5.77. The Labute approximate surface area is 109 Å². The van der Waals surface area contributed by atoms with Crippen molar-refractivity contribution in [1.29, 1.82) is 0 Å². The van der Waals surface area contributed by atoms with Crippen molar-refractivity contribution < 1.29 is 9.59 Å². The van der Waals surface area contributed by atoms with Crippen LogP contribution in [0.3, 0.4) is 0 Å². The van der Waals surface area contributed by atoms with E-state index in [1.54, 1.807) is 0 Å². The van der Waals surface area contributed by atoms with Gasteiger partial charge in [-0.25, -0.2) is 5.84 Å². The van der Waals surface area contributed by atoms with Crippen molar-refractivity contribution in [2.45, 2.75) is 46.0 Å². The summed E-state index contributed by atoms with van der Waals surface area (Å²) in [7, 11) is 0. The first-order valence-corrected chi connectivity index (χ1v) is 6.81. The molecule has 1 unspecified atom stereocenters. The van der Waals surface area contributed by atoms with Gasteiger partial charge >= 0.3 is 0 Å². The largest absolute Gasteiger partial charge is 0.343 e. The van der Waals surface area contributed by atoms with Gasteiger partial charge in [0, 0.05) is 25.9 Å². The van der Waals surface area contributed by atoms with Crippen molar-refractivity contribution in [3.05, 3.63) is 0 Å². The van der Waals surface area contributed by atoms with Crippen molar-refractivity contribution in [3.63, 3.8) is 0 Å². The summed E-state index contributed by atoms with van der Waals surface area (Å²) in [5.74, 6) is 6.36. The number of likely N-dealkylation sites (tertiary alicyclic amines) is 1. The Bertz CT molecular complexity index is 292. The molecule has 0 saturated carbocycles. The van der Waals surface area contributed by atoms with Crippen molar-refractivity contribution in [2.24, 2.45) is 17.7 Å². The number of nitrogens with two attached hydrogens (primary N) is 1. The molecule has 1 saturated heterocycles. The molecule has 0 aromatic heterocycles. The van der Waals surface area contributed by atoms with E-state index in [1.165, 1.54) is 0 Å². The normalized spacial score (nSPS) is 21.0. The maximum Gasteiger partial charge on any atom is 0.233 e. The number of carbonyl (C=O) groups excluding carboxylic acids is 2. The molecule has 104 valence electrons. The Morgan fingerprint density at radius 3 is 2.83 bits per heavy atom. The summed E-state index contributed by atoms with van der Waals surface area (Å²) in [5, 5.41) is 0. The first-order valence-electron chi connectivity index (χ1n) is 6.81. The molecule has 1 aliphatic rings. The molecule has 18 heavy (non-hydrogen) atoms. The molecule has 0 bridgehead atoms. The fourth-order valence-electron chi connectivity index (χ4n) is 2.46. The van der Waals surface area contributed by atoms with Crippen molar-refractivity contribution >= 4 is 11.8 Å². The summed E-state index contributed by atoms with van der Waals surface area (Å²) in [6.45, 7) is 5.93. The SMILES string of the molecule is CC(C)C1CCC(=O)N(CCCC(=O)NN)CC1. The average Bonchev–Trinajstić information content (AvgIpc) is 2.52. The summed E-state index contributed by atoms with van der Waals surface area (Å²) in [6.07, 6.45) is 3.78. The van der Waals surface area contributed by atoms with Crippen LogP contribution in [0, 0.1) is 11.8 Å². The zero-order valence-electron chi connectivity index (χ0n) is 11.4. The van der Waals surface area contributed by atoms with E-state index in [1.807, 2.05) is 4.90 Å². The molecule has 3 N–H and O–H groups in total. The smallest absolute Gasteiger partial charge is 0.233 e. The predicted octanol–water partition coefficient (Wildman–Crippen LogP) is 1.04. The van der Waals surface area contributed by atoms with Gasteiger partial charge in [-0.2, -0.15) is 0 Å². The highest BCUT2D eigenvalue weighted by atomic mass is 16.2. The third kappa shape index (κ3) is 4.64. The fourth-order valence-corrected chi connectivity index (χ4v) is 2.46. The second kappa shape index (κ2) is 7.36. The minimum Gasteiger partial charge on any atom is -0.343 e. The van der Waals surface area contributed by atoms with Gasteiger partial charge in [0.05, 0.1) is 0 Å². The van der Waals surface area contributed by atoms with Crippen molar-refractivity contribution in [3.8, 4) is 0 Å². The Kier molecular flexibility index (Phi) is 6.12. The van der Waals surface area contributed by atoms with Gasteiger partial charge in [0.15, 0.2) is 0 Å². The minimum absolute atomic E-state index is 0.169. The fraction of sp³-hybridized carbons (Fsp3) is 0.846. The number of nitrogens with zero attached hydrogens (tertiary/aromatic N) is 1. The van der Waals surface area contributed by atoms with Gasteiger partial charge in [-0.15, -0.1) is 0 Å². The van der Waals surface area contributed by atoms with E-state index in [9.17, 15) is 9.59 Å². The van der Waals surface area contributed by atoms with Crippen LogP contribution in [-0.2, 0) is 9.59 Å². The van der Waals surface area contributed by atoms with Gasteiger partial charge in [-0.1, -0.05) is 13.8 Å². The number of rotatable bonds is 5. The third-order valence-electron chi connectivity index (χ3n) is 3.79. The minimum atomic E-state index is -0.169. The lowest BCUT2D eigenvalue weighted by atomic mass is 9.89. The molecule has 0 aliphatic carbocycles. The third-order valence-corrected chi connectivity index (χ3v) is 3.79. The van der Waals surface area contributed by atoms with Crippen LogP contribution in [0.1, 0.15) is 46.0 Å². The number of nitrogens with one attached hydrogen (secondary N) is 1. The van der Waals surface area contributed by atoms with Gasteiger partial charge in [0.25, 0.3) is 0 Å². The van der Waals surface area contributed by atoms with Crippen molar-refractivity contribution in [1.82, 2.24) is 10.3 Å². The second-order valence-electron chi connectivity index (χ2n) is 5.38. The summed E-state index contributed by atoms with van der Waals surface area (Å²) in [4.78, 5) is 24.8. The summed E-state index contributed by atoms with van der Waals surface area (Å²) < 4.78 is 0. The number of hydrogen-bond acceptors (Lipinski definition) is 3. The van der Waals surface area contributed by atoms with Gasteiger partial charge in [0.1, 0.15) is 0 Å². The molecule has 1 fully saturated rings. The molecule has 0 aromatic carbocycles. The molecular weight excluding hydrogens is 230 g/mol. The number of amides is 2. The Hall–Kier alpha value is -1.10. The average molecular weight is 255 g/mol. The molecule has 0 radical (unpaired) electrons.